The van der Waals surface area contributed by atoms with Crippen molar-refractivity contribution in [2.75, 3.05) is 13.1 Å². The summed E-state index contributed by atoms with van der Waals surface area (Å²) < 4.78 is 41.8. The fourth-order valence-electron chi connectivity index (χ4n) is 5.45. The van der Waals surface area contributed by atoms with Crippen molar-refractivity contribution in [1.29, 1.82) is 0 Å². The number of hydrogen-bond donors (Lipinski definition) is 0. The highest BCUT2D eigenvalue weighted by Crippen LogP contribution is 2.33. The number of likely N-dealkylation sites (tertiary alicyclic amines) is 1. The average Bonchev–Trinajstić information content (AvgIpc) is 2.90. The van der Waals surface area contributed by atoms with Crippen molar-refractivity contribution in [3.8, 4) is 22.5 Å². The van der Waals surface area contributed by atoms with Crippen molar-refractivity contribution in [2.24, 2.45) is 5.92 Å². The zero-order chi connectivity index (χ0) is 27.0. The van der Waals surface area contributed by atoms with Gasteiger partial charge >= 0.3 is 6.18 Å². The minimum absolute atomic E-state index is 0.163. The number of aryl methyl sites for hydroxylation is 1. The normalized spacial score (nSPS) is 16.9. The molecule has 4 aromatic rings. The van der Waals surface area contributed by atoms with E-state index in [0.717, 1.165) is 49.2 Å². The standard InChI is InChI=1S/C31H32F3N3O/c1-20(2)36-15-7-9-22(18-36)19-37-29(26-12-5-4-8-21(26)3)35-28-14-13-24(17-27(28)30(37)38)23-10-6-11-25(16-23)31(32,33)34/h4-6,8,10-14,16-17,20,22H,7,9,15,18-19H2,1-3H3. The van der Waals surface area contributed by atoms with E-state index in [-0.39, 0.29) is 5.56 Å². The Balaban J connectivity index is 1.64. The SMILES string of the molecule is Cc1ccccc1-c1nc2ccc(-c3cccc(C(F)(F)F)c3)cc2c(=O)n1CC1CCCN(C(C)C)C1. The van der Waals surface area contributed by atoms with E-state index < -0.39 is 11.7 Å². The molecule has 0 saturated carbocycles. The van der Waals surface area contributed by atoms with Crippen LogP contribution >= 0.6 is 0 Å². The Morgan fingerprint density at radius 2 is 1.76 bits per heavy atom. The Labute approximate surface area is 220 Å². The van der Waals surface area contributed by atoms with Crippen LogP contribution in [0.25, 0.3) is 33.4 Å². The number of rotatable bonds is 5. The largest absolute Gasteiger partial charge is 0.416 e. The van der Waals surface area contributed by atoms with Gasteiger partial charge in [0.25, 0.3) is 5.56 Å². The zero-order valence-electron chi connectivity index (χ0n) is 21.9. The Bertz CT molecular complexity index is 1520. The number of fused-ring (bicyclic) bond motifs is 1. The summed E-state index contributed by atoms with van der Waals surface area (Å²) in [5, 5.41) is 0.411. The third kappa shape index (κ3) is 5.25. The second-order valence-corrected chi connectivity index (χ2v) is 10.6. The Morgan fingerprint density at radius 1 is 1.00 bits per heavy atom. The quantitative estimate of drug-likeness (QED) is 0.280. The first-order chi connectivity index (χ1) is 18.1. The molecule has 1 aliphatic heterocycles. The highest BCUT2D eigenvalue weighted by molar-refractivity contribution is 5.85. The summed E-state index contributed by atoms with van der Waals surface area (Å²) in [6.07, 6.45) is -2.32. The first kappa shape index (κ1) is 26.2. The van der Waals surface area contributed by atoms with Gasteiger partial charge < -0.3 is 4.90 Å². The summed E-state index contributed by atoms with van der Waals surface area (Å²) in [6.45, 7) is 8.92. The van der Waals surface area contributed by atoms with Crippen LogP contribution in [0.3, 0.4) is 0 Å². The lowest BCUT2D eigenvalue weighted by molar-refractivity contribution is -0.137. The van der Waals surface area contributed by atoms with Gasteiger partial charge in [-0.15, -0.1) is 0 Å². The molecule has 1 saturated heterocycles. The van der Waals surface area contributed by atoms with E-state index in [9.17, 15) is 18.0 Å². The van der Waals surface area contributed by atoms with Crippen LogP contribution in [-0.4, -0.2) is 33.6 Å². The van der Waals surface area contributed by atoms with Crippen LogP contribution < -0.4 is 5.56 Å². The van der Waals surface area contributed by atoms with Crippen molar-refractivity contribution in [3.05, 3.63) is 88.2 Å². The van der Waals surface area contributed by atoms with Crippen LogP contribution in [0.15, 0.2) is 71.5 Å². The third-order valence-corrected chi connectivity index (χ3v) is 7.58. The Morgan fingerprint density at radius 3 is 2.50 bits per heavy atom. The fraction of sp³-hybridized carbons (Fsp3) is 0.355. The van der Waals surface area contributed by atoms with Crippen molar-refractivity contribution in [2.45, 2.75) is 52.4 Å². The Hall–Kier alpha value is -3.45. The lowest BCUT2D eigenvalue weighted by atomic mass is 9.96. The molecule has 3 aromatic carbocycles. The molecule has 0 spiro atoms. The van der Waals surface area contributed by atoms with E-state index in [4.69, 9.17) is 4.98 Å². The maximum absolute atomic E-state index is 14.1. The van der Waals surface area contributed by atoms with E-state index >= 15 is 0 Å². The topological polar surface area (TPSA) is 38.1 Å². The highest BCUT2D eigenvalue weighted by atomic mass is 19.4. The Kier molecular flexibility index (Phi) is 7.14. The van der Waals surface area contributed by atoms with Gasteiger partial charge in [-0.3, -0.25) is 9.36 Å². The lowest BCUT2D eigenvalue weighted by Gasteiger charge is -2.36. The van der Waals surface area contributed by atoms with Crippen LogP contribution in [0.5, 0.6) is 0 Å². The maximum Gasteiger partial charge on any atom is 0.416 e. The molecule has 2 heterocycles. The van der Waals surface area contributed by atoms with Crippen molar-refractivity contribution in [1.82, 2.24) is 14.5 Å². The lowest BCUT2D eigenvalue weighted by Crippen LogP contribution is -2.42. The molecule has 5 rings (SSSR count). The van der Waals surface area contributed by atoms with Crippen LogP contribution in [0.2, 0.25) is 0 Å². The molecule has 1 aromatic heterocycles. The highest BCUT2D eigenvalue weighted by Gasteiger charge is 2.30. The molecular formula is C31H32F3N3O. The predicted molar refractivity (Wildman–Crippen MR) is 146 cm³/mol. The summed E-state index contributed by atoms with van der Waals surface area (Å²) in [4.78, 5) is 21.5. The van der Waals surface area contributed by atoms with Gasteiger partial charge in [-0.1, -0.05) is 42.5 Å². The zero-order valence-corrected chi connectivity index (χ0v) is 21.9. The van der Waals surface area contributed by atoms with E-state index in [1.807, 2.05) is 31.2 Å². The monoisotopic (exact) mass is 519 g/mol. The van der Waals surface area contributed by atoms with Crippen molar-refractivity contribution in [3.63, 3.8) is 0 Å². The van der Waals surface area contributed by atoms with Crippen LogP contribution in [0.1, 0.15) is 37.8 Å². The van der Waals surface area contributed by atoms with E-state index in [1.54, 1.807) is 28.8 Å². The van der Waals surface area contributed by atoms with Crippen LogP contribution in [-0.2, 0) is 12.7 Å². The smallest absolute Gasteiger partial charge is 0.301 e. The molecule has 198 valence electrons. The molecule has 1 aliphatic rings. The molecule has 0 amide bonds. The number of halogens is 3. The van der Waals surface area contributed by atoms with Gasteiger partial charge in [0.05, 0.1) is 16.5 Å². The number of nitrogens with zero attached hydrogens (tertiary/aromatic N) is 3. The number of benzene rings is 3. The average molecular weight is 520 g/mol. The predicted octanol–water partition coefficient (Wildman–Crippen LogP) is 7.18. The third-order valence-electron chi connectivity index (χ3n) is 7.58. The molecule has 1 unspecified atom stereocenters. The summed E-state index contributed by atoms with van der Waals surface area (Å²) in [6, 6.07) is 18.7. The minimum Gasteiger partial charge on any atom is -0.301 e. The number of hydrogen-bond acceptors (Lipinski definition) is 3. The molecular weight excluding hydrogens is 487 g/mol. The molecule has 4 nitrogen and oxygen atoms in total. The number of piperidine rings is 1. The van der Waals surface area contributed by atoms with Gasteiger partial charge in [-0.2, -0.15) is 13.2 Å². The second-order valence-electron chi connectivity index (χ2n) is 10.6. The van der Waals surface area contributed by atoms with Gasteiger partial charge in [0.1, 0.15) is 5.82 Å². The first-order valence-corrected chi connectivity index (χ1v) is 13.1. The molecule has 0 aliphatic carbocycles. The fourth-order valence-corrected chi connectivity index (χ4v) is 5.45. The van der Waals surface area contributed by atoms with Gasteiger partial charge in [-0.25, -0.2) is 4.98 Å². The number of aromatic nitrogens is 2. The van der Waals surface area contributed by atoms with E-state index in [2.05, 4.69) is 18.7 Å². The summed E-state index contributed by atoms with van der Waals surface area (Å²) in [5.41, 5.74) is 2.56. The maximum atomic E-state index is 14.1. The molecule has 0 bridgehead atoms. The minimum atomic E-state index is -4.44. The molecule has 1 fully saturated rings. The van der Waals surface area contributed by atoms with Crippen molar-refractivity contribution >= 4 is 10.9 Å². The van der Waals surface area contributed by atoms with Gasteiger partial charge in [0, 0.05) is 24.7 Å². The second kappa shape index (κ2) is 10.4. The summed E-state index contributed by atoms with van der Waals surface area (Å²) in [7, 11) is 0. The van der Waals surface area contributed by atoms with Crippen molar-refractivity contribution < 1.29 is 13.2 Å². The molecule has 0 radical (unpaired) electrons. The van der Waals surface area contributed by atoms with Crippen LogP contribution in [0, 0.1) is 12.8 Å². The van der Waals surface area contributed by atoms with Gasteiger partial charge in [0.15, 0.2) is 0 Å². The van der Waals surface area contributed by atoms with Gasteiger partial charge in [0.2, 0.25) is 0 Å². The molecule has 1 atom stereocenters. The van der Waals surface area contributed by atoms with E-state index in [0.29, 0.717) is 46.4 Å². The number of alkyl halides is 3. The molecule has 0 N–H and O–H groups in total. The van der Waals surface area contributed by atoms with Gasteiger partial charge in [-0.05, 0) is 87.0 Å². The molecule has 7 heteroatoms. The van der Waals surface area contributed by atoms with Crippen LogP contribution in [0.4, 0.5) is 13.2 Å². The first-order valence-electron chi connectivity index (χ1n) is 13.1. The summed E-state index contributed by atoms with van der Waals surface area (Å²) >= 11 is 0. The van der Waals surface area contributed by atoms with E-state index in [1.165, 1.54) is 6.07 Å². The molecule has 38 heavy (non-hydrogen) atoms. The summed E-state index contributed by atoms with van der Waals surface area (Å²) in [5.74, 6) is 0.937.